The first kappa shape index (κ1) is 18.8. The van der Waals surface area contributed by atoms with Crippen LogP contribution in [0.2, 0.25) is 0 Å². The lowest BCUT2D eigenvalue weighted by molar-refractivity contribution is -0.132. The van der Waals surface area contributed by atoms with Crippen molar-refractivity contribution in [2.75, 3.05) is 32.7 Å². The van der Waals surface area contributed by atoms with Crippen molar-refractivity contribution in [1.82, 2.24) is 24.6 Å². The van der Waals surface area contributed by atoms with E-state index in [4.69, 9.17) is 4.98 Å². The molecule has 0 unspecified atom stereocenters. The van der Waals surface area contributed by atoms with E-state index in [2.05, 4.69) is 23.8 Å². The summed E-state index contributed by atoms with van der Waals surface area (Å²) in [5.41, 5.74) is 5.37. The Balaban J connectivity index is 1.68. The summed E-state index contributed by atoms with van der Waals surface area (Å²) in [6.45, 7) is 13.3. The Labute approximate surface area is 156 Å². The van der Waals surface area contributed by atoms with E-state index in [9.17, 15) is 4.79 Å². The van der Waals surface area contributed by atoms with Gasteiger partial charge in [-0.15, -0.1) is 0 Å². The largest absolute Gasteiger partial charge is 0.340 e. The molecule has 0 N–H and O–H groups in total. The Morgan fingerprint density at radius 2 is 1.77 bits per heavy atom. The number of carbonyl (C=O) groups is 1. The van der Waals surface area contributed by atoms with Crippen LogP contribution in [-0.4, -0.2) is 63.2 Å². The summed E-state index contributed by atoms with van der Waals surface area (Å²) in [6, 6.07) is 0. The normalized spacial score (nSPS) is 15.8. The van der Waals surface area contributed by atoms with Crippen molar-refractivity contribution in [3.63, 3.8) is 0 Å². The van der Waals surface area contributed by atoms with Crippen LogP contribution in [-0.2, 0) is 18.3 Å². The van der Waals surface area contributed by atoms with Crippen molar-refractivity contribution in [2.45, 2.75) is 47.0 Å². The molecule has 6 nitrogen and oxygen atoms in total. The molecule has 0 aromatic carbocycles. The van der Waals surface area contributed by atoms with E-state index in [1.54, 1.807) is 0 Å². The Hall–Kier alpha value is -1.95. The smallest absolute Gasteiger partial charge is 0.222 e. The zero-order valence-electron chi connectivity index (χ0n) is 16.8. The number of fused-ring (bicyclic) bond motifs is 1. The molecule has 0 atom stereocenters. The van der Waals surface area contributed by atoms with Crippen LogP contribution in [0.4, 0.5) is 0 Å². The van der Waals surface area contributed by atoms with Gasteiger partial charge < -0.3 is 4.90 Å². The number of pyridine rings is 1. The Morgan fingerprint density at radius 1 is 1.08 bits per heavy atom. The Bertz CT molecular complexity index is 802. The average Bonchev–Trinajstić information content (AvgIpc) is 2.89. The molecule has 0 aliphatic carbocycles. The molecule has 26 heavy (non-hydrogen) atoms. The molecule has 1 aliphatic heterocycles. The Morgan fingerprint density at radius 3 is 2.42 bits per heavy atom. The lowest BCUT2D eigenvalue weighted by Crippen LogP contribution is -2.48. The molecule has 142 valence electrons. The zero-order chi connectivity index (χ0) is 18.8. The lowest BCUT2D eigenvalue weighted by Gasteiger charge is -2.34. The van der Waals surface area contributed by atoms with Crippen LogP contribution < -0.4 is 0 Å². The molecule has 1 saturated heterocycles. The van der Waals surface area contributed by atoms with Gasteiger partial charge in [-0.25, -0.2) is 4.98 Å². The van der Waals surface area contributed by atoms with Gasteiger partial charge in [0.05, 0.1) is 5.69 Å². The number of carbonyl (C=O) groups excluding carboxylic acids is 1. The molecule has 3 rings (SSSR count). The highest BCUT2D eigenvalue weighted by Crippen LogP contribution is 2.26. The number of hydrogen-bond acceptors (Lipinski definition) is 4. The van der Waals surface area contributed by atoms with Crippen molar-refractivity contribution in [1.29, 1.82) is 0 Å². The molecule has 0 radical (unpaired) electrons. The first-order valence-electron chi connectivity index (χ1n) is 9.71. The fourth-order valence-corrected chi connectivity index (χ4v) is 4.16. The second-order valence-corrected chi connectivity index (χ2v) is 7.43. The van der Waals surface area contributed by atoms with E-state index in [0.29, 0.717) is 6.42 Å². The second-order valence-electron chi connectivity index (χ2n) is 7.43. The molecule has 6 heteroatoms. The van der Waals surface area contributed by atoms with Crippen LogP contribution >= 0.6 is 0 Å². The average molecular weight is 358 g/mol. The third kappa shape index (κ3) is 3.61. The summed E-state index contributed by atoms with van der Waals surface area (Å²) in [4.78, 5) is 21.9. The van der Waals surface area contributed by atoms with Crippen LogP contribution in [0.5, 0.6) is 0 Å². The second kappa shape index (κ2) is 7.74. The van der Waals surface area contributed by atoms with Gasteiger partial charge in [-0.1, -0.05) is 6.92 Å². The number of amides is 1. The monoisotopic (exact) mass is 357 g/mol. The molecule has 2 aromatic rings. The molecule has 2 aromatic heterocycles. The fourth-order valence-electron chi connectivity index (χ4n) is 4.16. The lowest BCUT2D eigenvalue weighted by atomic mass is 9.99. The van der Waals surface area contributed by atoms with Crippen LogP contribution in [0.1, 0.15) is 42.3 Å². The highest BCUT2D eigenvalue weighted by Gasteiger charge is 2.21. The fraction of sp³-hybridized carbons (Fsp3) is 0.650. The summed E-state index contributed by atoms with van der Waals surface area (Å²) in [6.07, 6.45) is 2.49. The van der Waals surface area contributed by atoms with Crippen molar-refractivity contribution < 1.29 is 4.79 Å². The number of aryl methyl sites for hydroxylation is 4. The minimum absolute atomic E-state index is 0.267. The van der Waals surface area contributed by atoms with Gasteiger partial charge >= 0.3 is 0 Å². The zero-order valence-corrected chi connectivity index (χ0v) is 16.8. The quantitative estimate of drug-likeness (QED) is 0.824. The van der Waals surface area contributed by atoms with Gasteiger partial charge in [0.15, 0.2) is 5.65 Å². The van der Waals surface area contributed by atoms with Crippen LogP contribution in [0, 0.1) is 20.8 Å². The number of piperazine rings is 1. The first-order chi connectivity index (χ1) is 12.4. The topological polar surface area (TPSA) is 54.3 Å². The van der Waals surface area contributed by atoms with E-state index in [1.807, 2.05) is 30.5 Å². The van der Waals surface area contributed by atoms with Gasteiger partial charge in [0.1, 0.15) is 0 Å². The molecule has 1 amide bonds. The van der Waals surface area contributed by atoms with Gasteiger partial charge in [-0.3, -0.25) is 14.4 Å². The molecule has 0 saturated carbocycles. The van der Waals surface area contributed by atoms with E-state index in [-0.39, 0.29) is 5.91 Å². The maximum atomic E-state index is 12.7. The predicted molar refractivity (Wildman–Crippen MR) is 104 cm³/mol. The van der Waals surface area contributed by atoms with Gasteiger partial charge in [-0.05, 0) is 51.3 Å². The Kier molecular flexibility index (Phi) is 5.61. The third-order valence-electron chi connectivity index (χ3n) is 5.58. The SMILES string of the molecule is CCCN1CCN(C(=O)CCc2c(C)nc3c(c(C)nn3C)c2C)CC1. The van der Waals surface area contributed by atoms with E-state index in [0.717, 1.165) is 61.6 Å². The molecule has 3 heterocycles. The van der Waals surface area contributed by atoms with Gasteiger partial charge in [-0.2, -0.15) is 5.10 Å². The number of rotatable bonds is 5. The highest BCUT2D eigenvalue weighted by atomic mass is 16.2. The van der Waals surface area contributed by atoms with Crippen LogP contribution in [0.25, 0.3) is 11.0 Å². The number of nitrogens with zero attached hydrogens (tertiary/aromatic N) is 5. The third-order valence-corrected chi connectivity index (χ3v) is 5.58. The maximum absolute atomic E-state index is 12.7. The van der Waals surface area contributed by atoms with E-state index < -0.39 is 0 Å². The van der Waals surface area contributed by atoms with Gasteiger partial charge in [0.25, 0.3) is 0 Å². The van der Waals surface area contributed by atoms with E-state index >= 15 is 0 Å². The molecular formula is C20H31N5O. The van der Waals surface area contributed by atoms with Crippen molar-refractivity contribution in [2.24, 2.45) is 7.05 Å². The van der Waals surface area contributed by atoms with Crippen molar-refractivity contribution in [3.05, 3.63) is 22.5 Å². The molecule has 1 aliphatic rings. The summed E-state index contributed by atoms with van der Waals surface area (Å²) in [5, 5.41) is 5.63. The molecular weight excluding hydrogens is 326 g/mol. The van der Waals surface area contributed by atoms with Crippen LogP contribution in [0.3, 0.4) is 0 Å². The van der Waals surface area contributed by atoms with Gasteiger partial charge in [0.2, 0.25) is 5.91 Å². The summed E-state index contributed by atoms with van der Waals surface area (Å²) in [5.74, 6) is 0.267. The standard InChI is InChI=1S/C20H31N5O/c1-6-9-24-10-12-25(13-11-24)18(26)8-7-17-14(2)19-16(4)22-23(5)20(19)21-15(17)3/h6-13H2,1-5H3. The number of hydrogen-bond donors (Lipinski definition) is 0. The summed E-state index contributed by atoms with van der Waals surface area (Å²) in [7, 11) is 1.93. The highest BCUT2D eigenvalue weighted by molar-refractivity contribution is 5.84. The van der Waals surface area contributed by atoms with Gasteiger partial charge in [0, 0.05) is 50.7 Å². The molecule has 0 bridgehead atoms. The maximum Gasteiger partial charge on any atom is 0.222 e. The van der Waals surface area contributed by atoms with Crippen molar-refractivity contribution in [3.8, 4) is 0 Å². The first-order valence-corrected chi connectivity index (χ1v) is 9.71. The molecule has 0 spiro atoms. The number of aromatic nitrogens is 3. The minimum atomic E-state index is 0.267. The van der Waals surface area contributed by atoms with Crippen LogP contribution in [0.15, 0.2) is 0 Å². The van der Waals surface area contributed by atoms with E-state index in [1.165, 1.54) is 17.5 Å². The molecule has 1 fully saturated rings. The predicted octanol–water partition coefficient (Wildman–Crippen LogP) is 2.38. The van der Waals surface area contributed by atoms with Crippen molar-refractivity contribution >= 4 is 16.9 Å². The minimum Gasteiger partial charge on any atom is -0.340 e. The summed E-state index contributed by atoms with van der Waals surface area (Å²) >= 11 is 0. The summed E-state index contributed by atoms with van der Waals surface area (Å²) < 4.78 is 1.84.